The number of nitrogens with one attached hydrogen (secondary N) is 1. The van der Waals surface area contributed by atoms with Gasteiger partial charge in [-0.1, -0.05) is 17.7 Å². The van der Waals surface area contributed by atoms with Crippen LogP contribution in [0.25, 0.3) is 0 Å². The van der Waals surface area contributed by atoms with E-state index in [9.17, 15) is 9.18 Å². The Balaban J connectivity index is 1.81. The quantitative estimate of drug-likeness (QED) is 0.640. The van der Waals surface area contributed by atoms with Gasteiger partial charge in [-0.15, -0.1) is 11.8 Å². The van der Waals surface area contributed by atoms with Crippen LogP contribution >= 0.6 is 23.4 Å². The Labute approximate surface area is 131 Å². The van der Waals surface area contributed by atoms with Gasteiger partial charge in [0.05, 0.1) is 0 Å². The second-order valence-electron chi connectivity index (χ2n) is 4.34. The van der Waals surface area contributed by atoms with Crippen molar-refractivity contribution in [2.24, 2.45) is 0 Å². The summed E-state index contributed by atoms with van der Waals surface area (Å²) in [5.41, 5.74) is 6.88. The molecule has 2 aromatic carbocycles. The molecule has 2 aromatic rings. The summed E-state index contributed by atoms with van der Waals surface area (Å²) in [6, 6.07) is 11.1. The first kappa shape index (κ1) is 15.7. The van der Waals surface area contributed by atoms with Gasteiger partial charge in [0.25, 0.3) is 0 Å². The number of amides is 1. The van der Waals surface area contributed by atoms with E-state index < -0.39 is 0 Å². The molecule has 3 N–H and O–H groups in total. The Hall–Kier alpha value is -1.72. The minimum atomic E-state index is -0.379. The fourth-order valence-corrected chi connectivity index (χ4v) is 2.77. The number of carbonyl (C=O) groups excluding carboxylic acids is 1. The summed E-state index contributed by atoms with van der Waals surface area (Å²) >= 11 is 7.30. The first-order chi connectivity index (χ1) is 10.0. The van der Waals surface area contributed by atoms with E-state index in [4.69, 9.17) is 17.3 Å². The molecule has 0 aromatic heterocycles. The summed E-state index contributed by atoms with van der Waals surface area (Å²) in [5.74, 6) is 0.0317. The maximum atomic E-state index is 13.0. The third-order valence-corrected chi connectivity index (χ3v) is 3.99. The molecule has 0 fully saturated rings. The van der Waals surface area contributed by atoms with E-state index in [-0.39, 0.29) is 11.7 Å². The maximum absolute atomic E-state index is 13.0. The first-order valence-corrected chi connectivity index (χ1v) is 7.64. The number of carbonyl (C=O) groups is 1. The number of thioether (sulfide) groups is 1. The molecule has 0 atom stereocenters. The summed E-state index contributed by atoms with van der Waals surface area (Å²) < 4.78 is 13.0. The number of hydrogen-bond donors (Lipinski definition) is 2. The van der Waals surface area contributed by atoms with Crippen LogP contribution in [0.4, 0.5) is 15.8 Å². The minimum Gasteiger partial charge on any atom is -0.398 e. The monoisotopic (exact) mass is 324 g/mol. The van der Waals surface area contributed by atoms with Crippen LogP contribution in [0.15, 0.2) is 47.4 Å². The summed E-state index contributed by atoms with van der Waals surface area (Å²) in [4.78, 5) is 12.6. The normalized spacial score (nSPS) is 10.4. The van der Waals surface area contributed by atoms with Crippen LogP contribution < -0.4 is 11.1 Å². The summed E-state index contributed by atoms with van der Waals surface area (Å²) in [5, 5.41) is 3.23. The molecule has 0 saturated carbocycles. The van der Waals surface area contributed by atoms with E-state index in [1.54, 1.807) is 24.3 Å². The maximum Gasteiger partial charge on any atom is 0.225 e. The van der Waals surface area contributed by atoms with Gasteiger partial charge < -0.3 is 11.1 Å². The van der Waals surface area contributed by atoms with Crippen molar-refractivity contribution < 1.29 is 9.18 Å². The lowest BCUT2D eigenvalue weighted by molar-refractivity contribution is -0.115. The van der Waals surface area contributed by atoms with Crippen molar-refractivity contribution in [3.8, 4) is 0 Å². The fourth-order valence-electron chi connectivity index (χ4n) is 1.69. The van der Waals surface area contributed by atoms with Gasteiger partial charge in [0, 0.05) is 33.5 Å². The third kappa shape index (κ3) is 4.95. The highest BCUT2D eigenvalue weighted by molar-refractivity contribution is 7.99. The Morgan fingerprint density at radius 1 is 1.29 bits per heavy atom. The molecule has 0 saturated heterocycles. The van der Waals surface area contributed by atoms with Crippen LogP contribution in [0.3, 0.4) is 0 Å². The van der Waals surface area contributed by atoms with Crippen LogP contribution in [-0.4, -0.2) is 11.7 Å². The molecule has 0 radical (unpaired) electrons. The zero-order chi connectivity index (χ0) is 15.2. The number of rotatable bonds is 5. The molecule has 0 aliphatic carbocycles. The van der Waals surface area contributed by atoms with E-state index in [1.807, 2.05) is 6.07 Å². The summed E-state index contributed by atoms with van der Waals surface area (Å²) in [6.45, 7) is 0. The van der Waals surface area contributed by atoms with Crippen LogP contribution in [0.5, 0.6) is 0 Å². The predicted octanol–water partition coefficient (Wildman–Crippen LogP) is 4.18. The SMILES string of the molecule is Nc1cc(Cl)ccc1SCCC(=O)Nc1cccc(F)c1. The third-order valence-electron chi connectivity index (χ3n) is 2.67. The van der Waals surface area contributed by atoms with E-state index >= 15 is 0 Å². The Morgan fingerprint density at radius 2 is 2.10 bits per heavy atom. The number of benzene rings is 2. The summed E-state index contributed by atoms with van der Waals surface area (Å²) in [6.07, 6.45) is 0.309. The molecule has 0 unspecified atom stereocenters. The number of hydrogen-bond acceptors (Lipinski definition) is 3. The van der Waals surface area contributed by atoms with Crippen molar-refractivity contribution in [1.29, 1.82) is 0 Å². The number of anilines is 2. The smallest absolute Gasteiger partial charge is 0.225 e. The average molecular weight is 325 g/mol. The fraction of sp³-hybridized carbons (Fsp3) is 0.133. The van der Waals surface area contributed by atoms with Gasteiger partial charge in [-0.2, -0.15) is 0 Å². The number of nitrogen functional groups attached to an aromatic ring is 1. The molecule has 1 amide bonds. The lowest BCUT2D eigenvalue weighted by atomic mass is 10.3. The second-order valence-corrected chi connectivity index (χ2v) is 5.91. The molecule has 3 nitrogen and oxygen atoms in total. The number of nitrogens with two attached hydrogens (primary N) is 1. The van der Waals surface area contributed by atoms with E-state index in [1.165, 1.54) is 23.9 Å². The van der Waals surface area contributed by atoms with Gasteiger partial charge in [0.2, 0.25) is 5.91 Å². The van der Waals surface area contributed by atoms with Crippen LogP contribution in [0.1, 0.15) is 6.42 Å². The molecule has 0 heterocycles. The molecular formula is C15H14ClFN2OS. The Morgan fingerprint density at radius 3 is 2.81 bits per heavy atom. The lowest BCUT2D eigenvalue weighted by Gasteiger charge is -2.07. The van der Waals surface area contributed by atoms with Crippen molar-refractivity contribution in [3.05, 3.63) is 53.3 Å². The average Bonchev–Trinajstić information content (AvgIpc) is 2.41. The molecule has 0 aliphatic heterocycles. The Kier molecular flexibility index (Phi) is 5.47. The van der Waals surface area contributed by atoms with Crippen LogP contribution in [-0.2, 0) is 4.79 Å². The predicted molar refractivity (Wildman–Crippen MR) is 86.2 cm³/mol. The highest BCUT2D eigenvalue weighted by Crippen LogP contribution is 2.28. The highest BCUT2D eigenvalue weighted by atomic mass is 35.5. The van der Waals surface area contributed by atoms with Gasteiger partial charge in [0.15, 0.2) is 0 Å². The molecule has 6 heteroatoms. The summed E-state index contributed by atoms with van der Waals surface area (Å²) in [7, 11) is 0. The van der Waals surface area contributed by atoms with Crippen molar-refractivity contribution in [2.75, 3.05) is 16.8 Å². The first-order valence-electron chi connectivity index (χ1n) is 6.28. The molecule has 2 rings (SSSR count). The van der Waals surface area contributed by atoms with E-state index in [0.717, 1.165) is 4.90 Å². The van der Waals surface area contributed by atoms with Gasteiger partial charge in [0.1, 0.15) is 5.82 Å². The standard InChI is InChI=1S/C15H14ClFN2OS/c16-10-4-5-14(13(18)8-10)21-7-6-15(20)19-12-3-1-2-11(17)9-12/h1-5,8-9H,6-7,18H2,(H,19,20). The van der Waals surface area contributed by atoms with Gasteiger partial charge >= 0.3 is 0 Å². The van der Waals surface area contributed by atoms with Crippen molar-refractivity contribution >= 4 is 40.6 Å². The molecule has 0 bridgehead atoms. The largest absolute Gasteiger partial charge is 0.398 e. The van der Waals surface area contributed by atoms with Crippen molar-refractivity contribution in [1.82, 2.24) is 0 Å². The van der Waals surface area contributed by atoms with Gasteiger partial charge in [-0.05, 0) is 36.4 Å². The molecule has 110 valence electrons. The zero-order valence-corrected chi connectivity index (χ0v) is 12.7. The molecule has 0 spiro atoms. The molecule has 21 heavy (non-hydrogen) atoms. The van der Waals surface area contributed by atoms with Gasteiger partial charge in [-0.3, -0.25) is 4.79 Å². The van der Waals surface area contributed by atoms with E-state index in [0.29, 0.717) is 28.6 Å². The molecular weight excluding hydrogens is 311 g/mol. The molecule has 0 aliphatic rings. The topological polar surface area (TPSA) is 55.1 Å². The minimum absolute atomic E-state index is 0.166. The van der Waals surface area contributed by atoms with Crippen LogP contribution in [0, 0.1) is 5.82 Å². The second kappa shape index (κ2) is 7.33. The Bertz CT molecular complexity index is 651. The van der Waals surface area contributed by atoms with Crippen molar-refractivity contribution in [3.63, 3.8) is 0 Å². The number of halogens is 2. The van der Waals surface area contributed by atoms with E-state index in [2.05, 4.69) is 5.32 Å². The van der Waals surface area contributed by atoms with Crippen LogP contribution in [0.2, 0.25) is 5.02 Å². The lowest BCUT2D eigenvalue weighted by Crippen LogP contribution is -2.12. The van der Waals surface area contributed by atoms with Crippen molar-refractivity contribution in [2.45, 2.75) is 11.3 Å². The zero-order valence-electron chi connectivity index (χ0n) is 11.1. The highest BCUT2D eigenvalue weighted by Gasteiger charge is 2.05. The van der Waals surface area contributed by atoms with Gasteiger partial charge in [-0.25, -0.2) is 4.39 Å².